The molecule has 0 radical (unpaired) electrons. The first-order chi connectivity index (χ1) is 23.3. The van der Waals surface area contributed by atoms with Gasteiger partial charge in [0.15, 0.2) is 0 Å². The van der Waals surface area contributed by atoms with E-state index >= 15 is 0 Å². The molecule has 2 aliphatic carbocycles. The van der Waals surface area contributed by atoms with Crippen molar-refractivity contribution in [1.82, 2.24) is 9.97 Å². The largest absolute Gasteiger partial charge is 0.256 e. The quantitative estimate of drug-likeness (QED) is 0.194. The molecule has 0 aliphatic heterocycles. The lowest BCUT2D eigenvalue weighted by atomic mass is 9.66. The number of pyridine rings is 2. The van der Waals surface area contributed by atoms with Gasteiger partial charge in [-0.3, -0.25) is 9.97 Å². The second-order valence-corrected chi connectivity index (χ2v) is 14.6. The van der Waals surface area contributed by atoms with Crippen LogP contribution in [0, 0.1) is 0 Å². The molecular formula is C46H34N2. The Hall–Kier alpha value is -5.60. The molecule has 2 nitrogen and oxygen atoms in total. The second-order valence-electron chi connectivity index (χ2n) is 14.6. The third-order valence-corrected chi connectivity index (χ3v) is 11.4. The minimum atomic E-state index is -0.168. The minimum Gasteiger partial charge on any atom is -0.256 e. The molecule has 0 atom stereocenters. The molecule has 0 N–H and O–H groups in total. The van der Waals surface area contributed by atoms with Crippen LogP contribution in [0.25, 0.3) is 77.1 Å². The Morgan fingerprint density at radius 3 is 1.62 bits per heavy atom. The van der Waals surface area contributed by atoms with Crippen LogP contribution in [0.4, 0.5) is 0 Å². The molecule has 0 fully saturated rings. The third kappa shape index (κ3) is 3.58. The summed E-state index contributed by atoms with van der Waals surface area (Å²) in [6.45, 7) is 9.60. The monoisotopic (exact) mass is 614 g/mol. The van der Waals surface area contributed by atoms with E-state index in [9.17, 15) is 0 Å². The van der Waals surface area contributed by atoms with Gasteiger partial charge in [-0.15, -0.1) is 0 Å². The Balaban J connectivity index is 1.18. The maximum absolute atomic E-state index is 4.66. The summed E-state index contributed by atoms with van der Waals surface area (Å²) >= 11 is 0. The molecule has 48 heavy (non-hydrogen) atoms. The minimum absolute atomic E-state index is 0.144. The Morgan fingerprint density at radius 1 is 0.375 bits per heavy atom. The van der Waals surface area contributed by atoms with Gasteiger partial charge < -0.3 is 0 Å². The number of nitrogens with zero attached hydrogens (tertiary/aromatic N) is 2. The Kier molecular flexibility index (Phi) is 5.44. The van der Waals surface area contributed by atoms with Crippen molar-refractivity contribution in [3.63, 3.8) is 0 Å². The van der Waals surface area contributed by atoms with Crippen LogP contribution in [0.15, 0.2) is 134 Å². The lowest BCUT2D eigenvalue weighted by Gasteiger charge is -2.36. The number of fused-ring (bicyclic) bond motifs is 7. The van der Waals surface area contributed by atoms with Crippen LogP contribution in [-0.2, 0) is 10.8 Å². The summed E-state index contributed by atoms with van der Waals surface area (Å²) < 4.78 is 0. The number of hydrogen-bond donors (Lipinski definition) is 0. The van der Waals surface area contributed by atoms with E-state index in [1.54, 1.807) is 0 Å². The Bertz CT molecular complexity index is 2670. The van der Waals surface area contributed by atoms with Crippen molar-refractivity contribution < 1.29 is 0 Å². The molecule has 8 aromatic rings. The smallest absolute Gasteiger partial charge is 0.0708 e. The molecule has 2 aromatic heterocycles. The van der Waals surface area contributed by atoms with E-state index in [1.165, 1.54) is 88.3 Å². The lowest BCUT2D eigenvalue weighted by Crippen LogP contribution is -2.24. The highest BCUT2D eigenvalue weighted by molar-refractivity contribution is 6.12. The standard InChI is InChI=1S/C46H34N2/c1-45(2)38-13-9-12-34-29(30-21-23-48-43-15-8-6-11-33(30)43)18-19-35(44(34)38)37-26-40-36(25-41(37)45)31-17-16-27(24-39(31)46(40,3)4)28-20-22-47-42-14-7-5-10-32(28)42/h5-26H,1-4H3. The Morgan fingerprint density at radius 2 is 0.896 bits per heavy atom. The highest BCUT2D eigenvalue weighted by Crippen LogP contribution is 2.56. The van der Waals surface area contributed by atoms with Crippen molar-refractivity contribution in [2.75, 3.05) is 0 Å². The summed E-state index contributed by atoms with van der Waals surface area (Å²) in [5.41, 5.74) is 17.7. The van der Waals surface area contributed by atoms with E-state index in [0.717, 1.165) is 11.0 Å². The van der Waals surface area contributed by atoms with Crippen molar-refractivity contribution in [1.29, 1.82) is 0 Å². The van der Waals surface area contributed by atoms with E-state index in [1.807, 2.05) is 12.4 Å². The zero-order valence-electron chi connectivity index (χ0n) is 27.6. The normalized spacial score (nSPS) is 15.0. The Labute approximate surface area is 280 Å². The highest BCUT2D eigenvalue weighted by Gasteiger charge is 2.40. The number of para-hydroxylation sites is 2. The predicted octanol–water partition coefficient (Wildman–Crippen LogP) is 11.9. The van der Waals surface area contributed by atoms with Crippen molar-refractivity contribution >= 4 is 32.6 Å². The van der Waals surface area contributed by atoms with E-state index in [4.69, 9.17) is 0 Å². The van der Waals surface area contributed by atoms with Crippen molar-refractivity contribution in [2.45, 2.75) is 38.5 Å². The number of rotatable bonds is 2. The van der Waals surface area contributed by atoms with Crippen molar-refractivity contribution in [3.05, 3.63) is 156 Å². The van der Waals surface area contributed by atoms with Gasteiger partial charge in [-0.1, -0.05) is 107 Å². The van der Waals surface area contributed by atoms with Crippen LogP contribution in [0.2, 0.25) is 0 Å². The molecule has 0 unspecified atom stereocenters. The zero-order chi connectivity index (χ0) is 32.4. The van der Waals surface area contributed by atoms with Gasteiger partial charge in [0.25, 0.3) is 0 Å². The number of hydrogen-bond acceptors (Lipinski definition) is 2. The average Bonchev–Trinajstić information content (AvgIpc) is 3.34. The lowest BCUT2D eigenvalue weighted by molar-refractivity contribution is 0.639. The zero-order valence-corrected chi connectivity index (χ0v) is 27.6. The molecule has 0 saturated carbocycles. The molecule has 0 bridgehead atoms. The summed E-state index contributed by atoms with van der Waals surface area (Å²) in [6.07, 6.45) is 3.87. The van der Waals surface area contributed by atoms with Crippen LogP contribution in [0.3, 0.4) is 0 Å². The molecule has 2 aliphatic rings. The van der Waals surface area contributed by atoms with Gasteiger partial charge in [0, 0.05) is 34.0 Å². The van der Waals surface area contributed by atoms with E-state index in [2.05, 4.69) is 159 Å². The molecule has 228 valence electrons. The van der Waals surface area contributed by atoms with Gasteiger partial charge >= 0.3 is 0 Å². The van der Waals surface area contributed by atoms with Gasteiger partial charge in [0.1, 0.15) is 0 Å². The highest BCUT2D eigenvalue weighted by atomic mass is 14.6. The van der Waals surface area contributed by atoms with Gasteiger partial charge in [-0.05, 0) is 120 Å². The van der Waals surface area contributed by atoms with Gasteiger partial charge in [-0.25, -0.2) is 0 Å². The first kappa shape index (κ1) is 27.5. The van der Waals surface area contributed by atoms with Crippen LogP contribution in [0.5, 0.6) is 0 Å². The fraction of sp³-hybridized carbons (Fsp3) is 0.130. The molecule has 0 amide bonds. The first-order valence-electron chi connectivity index (χ1n) is 16.9. The van der Waals surface area contributed by atoms with E-state index in [0.29, 0.717) is 0 Å². The van der Waals surface area contributed by atoms with Crippen molar-refractivity contribution in [2.24, 2.45) is 0 Å². The van der Waals surface area contributed by atoms with Crippen LogP contribution >= 0.6 is 0 Å². The molecular weight excluding hydrogens is 581 g/mol. The van der Waals surface area contributed by atoms with E-state index < -0.39 is 0 Å². The fourth-order valence-electron chi connectivity index (χ4n) is 8.90. The second kappa shape index (κ2) is 9.49. The van der Waals surface area contributed by atoms with E-state index in [-0.39, 0.29) is 10.8 Å². The van der Waals surface area contributed by atoms with Gasteiger partial charge in [-0.2, -0.15) is 0 Å². The molecule has 2 heteroatoms. The summed E-state index contributed by atoms with van der Waals surface area (Å²) in [6, 6.07) is 45.0. The number of aromatic nitrogens is 2. The summed E-state index contributed by atoms with van der Waals surface area (Å²) in [4.78, 5) is 9.28. The van der Waals surface area contributed by atoms with Crippen LogP contribution in [-0.4, -0.2) is 9.97 Å². The summed E-state index contributed by atoms with van der Waals surface area (Å²) in [7, 11) is 0. The first-order valence-corrected chi connectivity index (χ1v) is 16.9. The average molecular weight is 615 g/mol. The molecule has 0 saturated heterocycles. The van der Waals surface area contributed by atoms with Gasteiger partial charge in [0.05, 0.1) is 11.0 Å². The SMILES string of the molecule is CC1(C)c2cc(-c3ccnc4ccccc34)ccc2-c2cc3c(cc21)-c1ccc(-c2ccnc4ccccc24)c2cccc(c12)C3(C)C. The fourth-order valence-corrected chi connectivity index (χ4v) is 8.90. The molecule has 6 aromatic carbocycles. The van der Waals surface area contributed by atoms with Crippen LogP contribution < -0.4 is 0 Å². The number of benzene rings is 6. The molecule has 0 spiro atoms. The summed E-state index contributed by atoms with van der Waals surface area (Å²) in [5, 5.41) is 5.05. The molecule has 2 heterocycles. The third-order valence-electron chi connectivity index (χ3n) is 11.4. The topological polar surface area (TPSA) is 25.8 Å². The maximum atomic E-state index is 4.66. The van der Waals surface area contributed by atoms with Crippen molar-refractivity contribution in [3.8, 4) is 44.5 Å². The maximum Gasteiger partial charge on any atom is 0.0708 e. The van der Waals surface area contributed by atoms with Gasteiger partial charge in [0.2, 0.25) is 0 Å². The summed E-state index contributed by atoms with van der Waals surface area (Å²) in [5.74, 6) is 0. The molecule has 10 rings (SSSR count). The van der Waals surface area contributed by atoms with Crippen LogP contribution in [0.1, 0.15) is 49.9 Å². The predicted molar refractivity (Wildman–Crippen MR) is 201 cm³/mol.